The summed E-state index contributed by atoms with van der Waals surface area (Å²) in [4.78, 5) is 4.08. The van der Waals surface area contributed by atoms with Crippen molar-refractivity contribution in [2.75, 3.05) is 12.3 Å². The smallest absolute Gasteiger partial charge is 0.0817 e. The Morgan fingerprint density at radius 3 is 2.30 bits per heavy atom. The van der Waals surface area contributed by atoms with Crippen molar-refractivity contribution in [1.82, 2.24) is 0 Å². The van der Waals surface area contributed by atoms with Gasteiger partial charge in [0.05, 0.1) is 12.3 Å². The van der Waals surface area contributed by atoms with Gasteiger partial charge in [-0.25, -0.2) is 0 Å². The van der Waals surface area contributed by atoms with Crippen LogP contribution >= 0.6 is 0 Å². The molecule has 0 saturated carbocycles. The van der Waals surface area contributed by atoms with Crippen LogP contribution in [0.3, 0.4) is 0 Å². The van der Waals surface area contributed by atoms with Gasteiger partial charge >= 0.3 is 0 Å². The average Bonchev–Trinajstić information content (AvgIpc) is 2.71. The number of rotatable bonds is 1. The lowest BCUT2D eigenvalue weighted by molar-refractivity contribution is 1.57. The van der Waals surface area contributed by atoms with Crippen LogP contribution in [-0.2, 0) is 0 Å². The van der Waals surface area contributed by atoms with Gasteiger partial charge in [-0.1, -0.05) is 12.1 Å². The van der Waals surface area contributed by atoms with E-state index in [0.717, 1.165) is 12.2 Å². The minimum absolute atomic E-state index is 0.810. The Bertz CT molecular complexity index is 272. The quantitative estimate of drug-likeness (QED) is 0.570. The van der Waals surface area contributed by atoms with Crippen molar-refractivity contribution in [2.45, 2.75) is 0 Å². The molecule has 0 aromatic heterocycles. The van der Waals surface area contributed by atoms with Gasteiger partial charge in [-0.3, -0.25) is 4.99 Å². The molecule has 0 bridgehead atoms. The fourth-order valence-corrected chi connectivity index (χ4v) is 0.898. The first-order chi connectivity index (χ1) is 4.86. The van der Waals surface area contributed by atoms with Crippen LogP contribution in [0.15, 0.2) is 29.3 Å². The number of nitrogen functional groups attached to an aromatic ring is 1. The molecule has 0 spiro atoms. The standard InChI is InChI=1S/C8H8N2/c9-7-3-1-6(2-4-7)8-5-10-8/h1-4H,5,9H2. The van der Waals surface area contributed by atoms with Crippen molar-refractivity contribution in [3.63, 3.8) is 0 Å². The number of benzene rings is 1. The fraction of sp³-hybridized carbons (Fsp3) is 0.125. The molecular weight excluding hydrogens is 124 g/mol. The summed E-state index contributed by atoms with van der Waals surface area (Å²) in [5.41, 5.74) is 8.71. The number of nitrogens with two attached hydrogens (primary N) is 1. The Hall–Kier alpha value is -1.31. The SMILES string of the molecule is Nc1ccc(C2=NC2)cc1. The van der Waals surface area contributed by atoms with Gasteiger partial charge in [0.1, 0.15) is 0 Å². The molecule has 1 heterocycles. The van der Waals surface area contributed by atoms with E-state index in [1.165, 1.54) is 11.3 Å². The van der Waals surface area contributed by atoms with E-state index in [1.54, 1.807) is 0 Å². The molecule has 2 heteroatoms. The minimum atomic E-state index is 0.810. The molecule has 0 aliphatic carbocycles. The summed E-state index contributed by atoms with van der Waals surface area (Å²) in [6.07, 6.45) is 0. The summed E-state index contributed by atoms with van der Waals surface area (Å²) < 4.78 is 0. The van der Waals surface area contributed by atoms with Crippen LogP contribution in [0, 0.1) is 0 Å². The lowest BCUT2D eigenvalue weighted by Crippen LogP contribution is -1.88. The molecule has 0 atom stereocenters. The lowest BCUT2D eigenvalue weighted by atomic mass is 10.2. The highest BCUT2D eigenvalue weighted by atomic mass is 14.9. The predicted molar refractivity (Wildman–Crippen MR) is 42.3 cm³/mol. The molecule has 0 radical (unpaired) electrons. The zero-order chi connectivity index (χ0) is 6.97. The maximum atomic E-state index is 5.51. The maximum Gasteiger partial charge on any atom is 0.0817 e. The molecule has 1 aliphatic rings. The summed E-state index contributed by atoms with van der Waals surface area (Å²) >= 11 is 0. The van der Waals surface area contributed by atoms with Gasteiger partial charge in [0.15, 0.2) is 0 Å². The van der Waals surface area contributed by atoms with E-state index >= 15 is 0 Å². The summed E-state index contributed by atoms with van der Waals surface area (Å²) in [7, 11) is 0. The van der Waals surface area contributed by atoms with Crippen molar-refractivity contribution in [3.05, 3.63) is 29.8 Å². The van der Waals surface area contributed by atoms with Crippen LogP contribution in [0.5, 0.6) is 0 Å². The monoisotopic (exact) mass is 132 g/mol. The molecular formula is C8H8N2. The third kappa shape index (κ3) is 0.880. The Labute approximate surface area is 59.4 Å². The molecule has 2 nitrogen and oxygen atoms in total. The second-order valence-electron chi connectivity index (χ2n) is 2.38. The van der Waals surface area contributed by atoms with Gasteiger partial charge in [0.25, 0.3) is 0 Å². The molecule has 0 fully saturated rings. The van der Waals surface area contributed by atoms with E-state index in [1.807, 2.05) is 24.3 Å². The van der Waals surface area contributed by atoms with Crippen molar-refractivity contribution >= 4 is 11.4 Å². The zero-order valence-corrected chi connectivity index (χ0v) is 5.54. The van der Waals surface area contributed by atoms with E-state index in [2.05, 4.69) is 4.99 Å². The van der Waals surface area contributed by atoms with E-state index in [9.17, 15) is 0 Å². The van der Waals surface area contributed by atoms with Crippen LogP contribution in [0.4, 0.5) is 5.69 Å². The Morgan fingerprint density at radius 1 is 1.20 bits per heavy atom. The number of hydrogen-bond donors (Lipinski definition) is 1. The topological polar surface area (TPSA) is 38.4 Å². The van der Waals surface area contributed by atoms with Gasteiger partial charge in [-0.05, 0) is 17.7 Å². The maximum absolute atomic E-state index is 5.51. The molecule has 0 amide bonds. The number of aliphatic imine (C=N–C) groups is 1. The van der Waals surface area contributed by atoms with Gasteiger partial charge < -0.3 is 5.73 Å². The molecule has 1 aromatic carbocycles. The highest BCUT2D eigenvalue weighted by Gasteiger charge is 2.10. The van der Waals surface area contributed by atoms with E-state index in [0.29, 0.717) is 0 Å². The van der Waals surface area contributed by atoms with Crippen molar-refractivity contribution in [3.8, 4) is 0 Å². The molecule has 0 unspecified atom stereocenters. The predicted octanol–water partition coefficient (Wildman–Crippen LogP) is 1.07. The third-order valence-corrected chi connectivity index (χ3v) is 1.56. The van der Waals surface area contributed by atoms with Crippen molar-refractivity contribution < 1.29 is 0 Å². The molecule has 10 heavy (non-hydrogen) atoms. The van der Waals surface area contributed by atoms with E-state index in [4.69, 9.17) is 5.73 Å². The van der Waals surface area contributed by atoms with Gasteiger partial charge in [-0.2, -0.15) is 0 Å². The van der Waals surface area contributed by atoms with Gasteiger partial charge in [-0.15, -0.1) is 0 Å². The molecule has 1 aliphatic heterocycles. The van der Waals surface area contributed by atoms with Crippen LogP contribution in [0.1, 0.15) is 5.56 Å². The first kappa shape index (κ1) is 5.47. The van der Waals surface area contributed by atoms with Crippen LogP contribution in [0.25, 0.3) is 0 Å². The number of anilines is 1. The Kier molecular flexibility index (Phi) is 1.01. The molecule has 2 N–H and O–H groups in total. The summed E-state index contributed by atoms with van der Waals surface area (Å²) in [6, 6.07) is 7.80. The first-order valence-corrected chi connectivity index (χ1v) is 3.25. The highest BCUT2D eigenvalue weighted by Crippen LogP contribution is 2.12. The van der Waals surface area contributed by atoms with Gasteiger partial charge in [0.2, 0.25) is 0 Å². The number of nitrogens with zero attached hydrogens (tertiary/aromatic N) is 1. The Morgan fingerprint density at radius 2 is 1.80 bits per heavy atom. The summed E-state index contributed by atoms with van der Waals surface area (Å²) in [5.74, 6) is 0. The van der Waals surface area contributed by atoms with Crippen LogP contribution in [0.2, 0.25) is 0 Å². The first-order valence-electron chi connectivity index (χ1n) is 3.25. The summed E-state index contributed by atoms with van der Waals surface area (Å²) in [5, 5.41) is 0. The summed E-state index contributed by atoms with van der Waals surface area (Å²) in [6.45, 7) is 0.907. The van der Waals surface area contributed by atoms with Crippen LogP contribution < -0.4 is 5.73 Å². The second-order valence-corrected chi connectivity index (χ2v) is 2.38. The second kappa shape index (κ2) is 1.84. The zero-order valence-electron chi connectivity index (χ0n) is 5.54. The van der Waals surface area contributed by atoms with Crippen molar-refractivity contribution in [1.29, 1.82) is 0 Å². The normalized spacial score (nSPS) is 14.6. The molecule has 50 valence electrons. The van der Waals surface area contributed by atoms with Crippen molar-refractivity contribution in [2.24, 2.45) is 4.99 Å². The fourth-order valence-electron chi connectivity index (χ4n) is 0.898. The Balaban J connectivity index is 2.37. The third-order valence-electron chi connectivity index (χ3n) is 1.56. The molecule has 0 saturated heterocycles. The number of hydrogen-bond acceptors (Lipinski definition) is 2. The van der Waals surface area contributed by atoms with E-state index < -0.39 is 0 Å². The molecule has 2 rings (SSSR count). The average molecular weight is 132 g/mol. The van der Waals surface area contributed by atoms with Crippen LogP contribution in [-0.4, -0.2) is 12.3 Å². The molecule has 1 aromatic rings. The van der Waals surface area contributed by atoms with Gasteiger partial charge in [0, 0.05) is 5.69 Å². The largest absolute Gasteiger partial charge is 0.399 e. The minimum Gasteiger partial charge on any atom is -0.399 e. The highest BCUT2D eigenvalue weighted by molar-refractivity contribution is 6.10. The van der Waals surface area contributed by atoms with E-state index in [-0.39, 0.29) is 0 Å². The lowest BCUT2D eigenvalue weighted by Gasteiger charge is -1.92.